The van der Waals surface area contributed by atoms with Crippen LogP contribution in [-0.4, -0.2) is 55.2 Å². The van der Waals surface area contributed by atoms with E-state index >= 15 is 0 Å². The minimum atomic E-state index is 0. The third-order valence-corrected chi connectivity index (χ3v) is 5.06. The highest BCUT2D eigenvalue weighted by molar-refractivity contribution is 4.92. The molecule has 0 amide bonds. The van der Waals surface area contributed by atoms with E-state index in [1.807, 2.05) is 0 Å². The SMILES string of the molecule is CCC1(N2CC[N+](C)(C)CC2)CCCCC1.[I-]. The molecule has 1 heterocycles. The van der Waals surface area contributed by atoms with E-state index in [9.17, 15) is 0 Å². The van der Waals surface area contributed by atoms with Gasteiger partial charge < -0.3 is 28.5 Å². The van der Waals surface area contributed by atoms with Gasteiger partial charge in [0.05, 0.1) is 27.2 Å². The van der Waals surface area contributed by atoms with Crippen molar-refractivity contribution in [1.29, 1.82) is 0 Å². The fourth-order valence-electron chi connectivity index (χ4n) is 3.58. The highest BCUT2D eigenvalue weighted by atomic mass is 127. The van der Waals surface area contributed by atoms with E-state index in [0.29, 0.717) is 5.54 Å². The van der Waals surface area contributed by atoms with Crippen molar-refractivity contribution in [3.63, 3.8) is 0 Å². The van der Waals surface area contributed by atoms with E-state index in [2.05, 4.69) is 25.9 Å². The summed E-state index contributed by atoms with van der Waals surface area (Å²) >= 11 is 0. The van der Waals surface area contributed by atoms with Gasteiger partial charge in [-0.25, -0.2) is 0 Å². The van der Waals surface area contributed by atoms with Gasteiger partial charge >= 0.3 is 0 Å². The second-order valence-electron chi connectivity index (χ2n) is 6.51. The maximum absolute atomic E-state index is 2.83. The first-order valence-corrected chi connectivity index (χ1v) is 7.15. The van der Waals surface area contributed by atoms with Crippen molar-refractivity contribution in [3.8, 4) is 0 Å². The van der Waals surface area contributed by atoms with Crippen molar-refractivity contribution in [1.82, 2.24) is 4.90 Å². The molecule has 17 heavy (non-hydrogen) atoms. The summed E-state index contributed by atoms with van der Waals surface area (Å²) in [6, 6.07) is 0. The van der Waals surface area contributed by atoms with Crippen LogP contribution in [0.4, 0.5) is 0 Å². The molecule has 0 radical (unpaired) electrons. The summed E-state index contributed by atoms with van der Waals surface area (Å²) in [7, 11) is 4.74. The number of likely N-dealkylation sites (N-methyl/N-ethyl adjacent to an activating group) is 1. The first-order valence-electron chi connectivity index (χ1n) is 7.15. The first-order chi connectivity index (χ1) is 7.58. The highest BCUT2D eigenvalue weighted by Gasteiger charge is 2.39. The fraction of sp³-hybridized carbons (Fsp3) is 1.00. The average molecular weight is 352 g/mol. The van der Waals surface area contributed by atoms with Crippen molar-refractivity contribution < 1.29 is 28.5 Å². The van der Waals surface area contributed by atoms with Gasteiger partial charge in [-0.2, -0.15) is 0 Å². The molecule has 0 aromatic heterocycles. The molecule has 1 saturated heterocycles. The molecule has 2 nitrogen and oxygen atoms in total. The largest absolute Gasteiger partial charge is 1.00 e. The van der Waals surface area contributed by atoms with Crippen LogP contribution in [0.2, 0.25) is 0 Å². The molecule has 1 aliphatic heterocycles. The fourth-order valence-corrected chi connectivity index (χ4v) is 3.58. The smallest absolute Gasteiger partial charge is 0.0912 e. The monoisotopic (exact) mass is 352 g/mol. The second kappa shape index (κ2) is 6.20. The van der Waals surface area contributed by atoms with Crippen molar-refractivity contribution in [2.24, 2.45) is 0 Å². The summed E-state index contributed by atoms with van der Waals surface area (Å²) < 4.78 is 1.22. The molecule has 0 bridgehead atoms. The highest BCUT2D eigenvalue weighted by Crippen LogP contribution is 2.37. The Kier molecular flexibility index (Phi) is 5.73. The van der Waals surface area contributed by atoms with Gasteiger partial charge in [0.25, 0.3) is 0 Å². The lowest BCUT2D eigenvalue weighted by molar-refractivity contribution is -0.895. The lowest BCUT2D eigenvalue weighted by Crippen LogP contribution is -3.00. The zero-order valence-corrected chi connectivity index (χ0v) is 14.0. The predicted octanol–water partition coefficient (Wildman–Crippen LogP) is -0.505. The molecule has 2 rings (SSSR count). The molecular formula is C14H29IN2. The minimum absolute atomic E-state index is 0. The van der Waals surface area contributed by atoms with E-state index in [1.54, 1.807) is 0 Å². The van der Waals surface area contributed by atoms with E-state index in [4.69, 9.17) is 0 Å². The number of hydrogen-bond acceptors (Lipinski definition) is 1. The maximum atomic E-state index is 2.83. The van der Waals surface area contributed by atoms with Gasteiger partial charge in [0.1, 0.15) is 0 Å². The molecule has 0 spiro atoms. The number of halogens is 1. The van der Waals surface area contributed by atoms with E-state index in [-0.39, 0.29) is 24.0 Å². The molecule has 2 fully saturated rings. The Hall–Kier alpha value is 0.650. The van der Waals surface area contributed by atoms with Crippen LogP contribution in [0.25, 0.3) is 0 Å². The third kappa shape index (κ3) is 3.57. The Labute approximate surface area is 124 Å². The van der Waals surface area contributed by atoms with Gasteiger partial charge in [-0.3, -0.25) is 4.90 Å². The molecule has 3 heteroatoms. The summed E-state index contributed by atoms with van der Waals surface area (Å²) in [6.45, 7) is 7.71. The molecule has 0 aromatic carbocycles. The average Bonchev–Trinajstić information content (AvgIpc) is 2.30. The summed E-state index contributed by atoms with van der Waals surface area (Å²) in [5, 5.41) is 0. The Morgan fingerprint density at radius 2 is 1.53 bits per heavy atom. The topological polar surface area (TPSA) is 3.24 Å². The molecule has 102 valence electrons. The minimum Gasteiger partial charge on any atom is -1.00 e. The molecule has 0 unspecified atom stereocenters. The Morgan fingerprint density at radius 3 is 2.00 bits per heavy atom. The van der Waals surface area contributed by atoms with Gasteiger partial charge in [-0.15, -0.1) is 0 Å². The quantitative estimate of drug-likeness (QED) is 0.478. The number of rotatable bonds is 2. The summed E-state index contributed by atoms with van der Waals surface area (Å²) in [5.74, 6) is 0. The summed E-state index contributed by atoms with van der Waals surface area (Å²) in [5.41, 5.74) is 0.582. The van der Waals surface area contributed by atoms with Gasteiger partial charge in [0, 0.05) is 18.6 Å². The van der Waals surface area contributed by atoms with Crippen LogP contribution >= 0.6 is 0 Å². The van der Waals surface area contributed by atoms with Crippen molar-refractivity contribution in [2.75, 3.05) is 40.3 Å². The van der Waals surface area contributed by atoms with E-state index in [1.165, 1.54) is 69.2 Å². The van der Waals surface area contributed by atoms with Crippen LogP contribution in [0.15, 0.2) is 0 Å². The van der Waals surface area contributed by atoms with Gasteiger partial charge in [-0.05, 0) is 19.3 Å². The van der Waals surface area contributed by atoms with Gasteiger partial charge in [0.15, 0.2) is 0 Å². The lowest BCUT2D eigenvalue weighted by Gasteiger charge is -2.50. The number of nitrogens with zero attached hydrogens (tertiary/aromatic N) is 2. The standard InChI is InChI=1S/C14H29N2.HI/c1-4-14(8-6-5-7-9-14)15-10-12-16(2,3)13-11-15;/h4-13H2,1-3H3;1H/q+1;/p-1. The molecular weight excluding hydrogens is 323 g/mol. The van der Waals surface area contributed by atoms with Crippen LogP contribution in [0.5, 0.6) is 0 Å². The van der Waals surface area contributed by atoms with Crippen LogP contribution in [0.1, 0.15) is 45.4 Å². The number of quaternary nitrogens is 1. The Bertz CT molecular complexity index is 224. The number of hydrogen-bond donors (Lipinski definition) is 0. The predicted molar refractivity (Wildman–Crippen MR) is 69.5 cm³/mol. The van der Waals surface area contributed by atoms with Gasteiger partial charge in [-0.1, -0.05) is 26.2 Å². The first kappa shape index (κ1) is 15.7. The van der Waals surface area contributed by atoms with Crippen molar-refractivity contribution in [2.45, 2.75) is 51.0 Å². The normalized spacial score (nSPS) is 28.4. The third-order valence-electron chi connectivity index (χ3n) is 5.06. The lowest BCUT2D eigenvalue weighted by atomic mass is 9.78. The van der Waals surface area contributed by atoms with Crippen LogP contribution in [-0.2, 0) is 0 Å². The Balaban J connectivity index is 0.00000144. The zero-order chi connectivity index (χ0) is 11.6. The summed E-state index contributed by atoms with van der Waals surface area (Å²) in [6.07, 6.45) is 8.66. The van der Waals surface area contributed by atoms with Gasteiger partial charge in [0.2, 0.25) is 0 Å². The second-order valence-corrected chi connectivity index (χ2v) is 6.51. The van der Waals surface area contributed by atoms with Crippen LogP contribution in [0.3, 0.4) is 0 Å². The molecule has 1 aliphatic carbocycles. The molecule has 2 aliphatic rings. The molecule has 0 atom stereocenters. The van der Waals surface area contributed by atoms with E-state index in [0.717, 1.165) is 0 Å². The van der Waals surface area contributed by atoms with Crippen molar-refractivity contribution >= 4 is 0 Å². The molecule has 0 N–H and O–H groups in total. The van der Waals surface area contributed by atoms with Crippen molar-refractivity contribution in [3.05, 3.63) is 0 Å². The Morgan fingerprint density at radius 1 is 1.00 bits per heavy atom. The number of piperazine rings is 1. The molecule has 1 saturated carbocycles. The maximum Gasteiger partial charge on any atom is 0.0912 e. The van der Waals surface area contributed by atoms with E-state index < -0.39 is 0 Å². The molecule has 0 aromatic rings. The summed E-state index contributed by atoms with van der Waals surface area (Å²) in [4.78, 5) is 2.83. The zero-order valence-electron chi connectivity index (χ0n) is 11.8. The van der Waals surface area contributed by atoms with Crippen LogP contribution < -0.4 is 24.0 Å². The van der Waals surface area contributed by atoms with Crippen LogP contribution in [0, 0.1) is 0 Å².